The van der Waals surface area contributed by atoms with Gasteiger partial charge in [-0.1, -0.05) is 76.7 Å². The molecule has 0 unspecified atom stereocenters. The quantitative estimate of drug-likeness (QED) is 0.111. The number of carbonyl (C=O) groups excluding carboxylic acids is 3. The number of furan rings is 1. The molecule has 17 rings (SSSR count). The molecule has 13 heteroatoms. The summed E-state index contributed by atoms with van der Waals surface area (Å²) in [6.07, 6.45) is 27.4. The molecule has 26 atom stereocenters. The summed E-state index contributed by atoms with van der Waals surface area (Å²) >= 11 is 0. The van der Waals surface area contributed by atoms with Crippen molar-refractivity contribution >= 4 is 17.7 Å². The van der Waals surface area contributed by atoms with E-state index in [0.717, 1.165) is 102 Å². The standard InChI is InChI=1S/C66H86N2O11/c1-34-42-14-8-7-10-35(42)15-17-43(34)47-26-41-25-40-13-9-21-62(40)29-38-28-60(2)56(45-20-23-75-50(45)27-46(49(70)31-69)36-16-18-44-37(24-36)19-22-68-33-67-30-48(44)68)77-59(74)57-66(60,78-57)64(39-11-5-4-6-12-39)52(38)63-32-76-58(73)54(62)65(41,63)79-61(47,3)53(63)51(71)55(64)72/h15,17,19-20,22-23,26,34-40,42-44,46-49,52-57,67,69-70,72H,4-14,16,18,21,24-25,27-33H2,1-3H3/t34-,35+,36+,37-,38+,40-,42-,43+,44+,46+,47+,48-,49-,52-,53-,54+,55-,56+,57-,60+,61+,62+,63-,64+,65+,66-/m1/s1. The lowest BCUT2D eigenvalue weighted by Crippen LogP contribution is -2.82. The van der Waals surface area contributed by atoms with Crippen LogP contribution in [0.3, 0.4) is 0 Å². The number of carbonyl (C=O) groups is 3. The van der Waals surface area contributed by atoms with Gasteiger partial charge in [0.1, 0.15) is 35.8 Å². The minimum absolute atomic E-state index is 0.0579. The Bertz CT molecular complexity index is 2860. The topological polar surface area (TPSA) is 181 Å². The van der Waals surface area contributed by atoms with Crippen molar-refractivity contribution in [3.8, 4) is 0 Å². The van der Waals surface area contributed by atoms with E-state index in [1.165, 1.54) is 31.3 Å². The molecule has 9 aliphatic carbocycles. The minimum atomic E-state index is -1.47. The maximum absolute atomic E-state index is 17.1. The van der Waals surface area contributed by atoms with Crippen LogP contribution in [0.15, 0.2) is 52.8 Å². The summed E-state index contributed by atoms with van der Waals surface area (Å²) in [7, 11) is 0. The Balaban J connectivity index is 0.834. The summed E-state index contributed by atoms with van der Waals surface area (Å²) in [5.74, 6) is 0.268. The molecule has 4 spiro atoms. The first-order valence-electron chi connectivity index (χ1n) is 32.1. The number of Topliss-reactive ketones (excluding diaryl/α,β-unsaturated/α-hetero) is 1. The molecule has 0 aromatic carbocycles. The molecule has 16 aliphatic rings. The van der Waals surface area contributed by atoms with Gasteiger partial charge in [0.2, 0.25) is 0 Å². The second kappa shape index (κ2) is 16.7. The summed E-state index contributed by atoms with van der Waals surface area (Å²) in [5.41, 5.74) is -5.13. The van der Waals surface area contributed by atoms with E-state index in [0.29, 0.717) is 54.2 Å². The van der Waals surface area contributed by atoms with Crippen LogP contribution in [0, 0.1) is 110 Å². The molecule has 13 nitrogen and oxygen atoms in total. The molecular weight excluding hydrogens is 997 g/mol. The number of cyclic esters (lactones) is 2. The van der Waals surface area contributed by atoms with Crippen molar-refractivity contribution in [1.82, 2.24) is 10.2 Å². The fourth-order valence-electron chi connectivity index (χ4n) is 25.8. The molecule has 79 heavy (non-hydrogen) atoms. The number of ketones is 1. The Hall–Kier alpha value is -3.33. The van der Waals surface area contributed by atoms with Crippen molar-refractivity contribution < 1.29 is 53.1 Å². The number of aliphatic hydroxyl groups is 3. The van der Waals surface area contributed by atoms with Gasteiger partial charge >= 0.3 is 11.9 Å². The maximum atomic E-state index is 17.1. The molecule has 8 saturated carbocycles. The molecule has 5 bridgehead atoms. The first-order chi connectivity index (χ1) is 38.2. The average Bonchev–Trinajstić information content (AvgIpc) is 3.62. The number of allylic oxidation sites excluding steroid dienone is 3. The molecular formula is C66H86N2O11. The van der Waals surface area contributed by atoms with Crippen LogP contribution in [-0.4, -0.2) is 106 Å². The molecule has 5 saturated heterocycles. The van der Waals surface area contributed by atoms with E-state index in [1.54, 1.807) is 6.26 Å². The van der Waals surface area contributed by atoms with Gasteiger partial charge in [0.15, 0.2) is 11.9 Å². The highest BCUT2D eigenvalue weighted by Gasteiger charge is 2.98. The molecule has 1 aromatic rings. The van der Waals surface area contributed by atoms with Crippen LogP contribution in [-0.2, 0) is 39.8 Å². The van der Waals surface area contributed by atoms with Crippen LogP contribution in [0.1, 0.15) is 154 Å². The van der Waals surface area contributed by atoms with Gasteiger partial charge < -0.3 is 43.6 Å². The van der Waals surface area contributed by atoms with Crippen molar-refractivity contribution in [1.29, 1.82) is 0 Å². The molecule has 0 radical (unpaired) electrons. The zero-order valence-electron chi connectivity index (χ0n) is 46.9. The van der Waals surface area contributed by atoms with Gasteiger partial charge in [0.25, 0.3) is 0 Å². The molecule has 7 aliphatic heterocycles. The highest BCUT2D eigenvalue weighted by Crippen LogP contribution is 2.90. The number of hydrogen-bond donors (Lipinski definition) is 4. The molecule has 13 fully saturated rings. The second-order valence-corrected chi connectivity index (χ2v) is 30.3. The Morgan fingerprint density at radius 1 is 0.873 bits per heavy atom. The fraction of sp³-hybridized carbons (Fsp3) is 0.803. The van der Waals surface area contributed by atoms with Gasteiger partial charge in [0, 0.05) is 41.3 Å². The number of nitrogens with one attached hydrogen (secondary N) is 1. The van der Waals surface area contributed by atoms with Gasteiger partial charge in [-0.05, 0) is 178 Å². The number of rotatable bonds is 8. The summed E-state index contributed by atoms with van der Waals surface area (Å²) in [4.78, 5) is 50.5. The van der Waals surface area contributed by atoms with Gasteiger partial charge in [-0.15, -0.1) is 0 Å². The van der Waals surface area contributed by atoms with Crippen LogP contribution >= 0.6 is 0 Å². The van der Waals surface area contributed by atoms with E-state index in [4.69, 9.17) is 23.4 Å². The monoisotopic (exact) mass is 1080 g/mol. The fourth-order valence-corrected chi connectivity index (χ4v) is 25.8. The number of hydrogen-bond acceptors (Lipinski definition) is 13. The van der Waals surface area contributed by atoms with Crippen molar-refractivity contribution in [3.05, 3.63) is 59.7 Å². The van der Waals surface area contributed by atoms with Crippen LogP contribution < -0.4 is 5.32 Å². The van der Waals surface area contributed by atoms with Gasteiger partial charge in [-0.25, -0.2) is 4.79 Å². The maximum Gasteiger partial charge on any atom is 0.339 e. The highest BCUT2D eigenvalue weighted by molar-refractivity contribution is 5.94. The van der Waals surface area contributed by atoms with Gasteiger partial charge in [-0.2, -0.15) is 0 Å². The number of fused-ring (bicyclic) bond motifs is 6. The number of aliphatic hydroxyl groups excluding tert-OH is 3. The zero-order chi connectivity index (χ0) is 53.5. The largest absolute Gasteiger partial charge is 0.469 e. The first-order valence-corrected chi connectivity index (χ1v) is 32.1. The Labute approximate surface area is 465 Å². The van der Waals surface area contributed by atoms with E-state index in [-0.39, 0.29) is 72.3 Å². The number of epoxide rings is 1. The van der Waals surface area contributed by atoms with Crippen LogP contribution in [0.4, 0.5) is 0 Å². The first kappa shape index (κ1) is 50.2. The summed E-state index contributed by atoms with van der Waals surface area (Å²) in [6, 6.07) is 2.43. The third-order valence-corrected chi connectivity index (χ3v) is 28.1. The third-order valence-electron chi connectivity index (χ3n) is 28.1. The van der Waals surface area contributed by atoms with E-state index in [9.17, 15) is 15.3 Å². The Kier molecular flexibility index (Phi) is 10.6. The zero-order valence-corrected chi connectivity index (χ0v) is 46.9. The third kappa shape index (κ3) is 5.76. The summed E-state index contributed by atoms with van der Waals surface area (Å²) < 4.78 is 36.3. The van der Waals surface area contributed by atoms with Crippen molar-refractivity contribution in [3.63, 3.8) is 0 Å². The van der Waals surface area contributed by atoms with Gasteiger partial charge in [0.05, 0.1) is 48.5 Å². The van der Waals surface area contributed by atoms with Crippen molar-refractivity contribution in [2.24, 2.45) is 110 Å². The second-order valence-electron chi connectivity index (χ2n) is 30.3. The predicted molar refractivity (Wildman–Crippen MR) is 288 cm³/mol. The van der Waals surface area contributed by atoms with Crippen LogP contribution in [0.5, 0.6) is 0 Å². The summed E-state index contributed by atoms with van der Waals surface area (Å²) in [5, 5.41) is 40.6. The lowest BCUT2D eigenvalue weighted by atomic mass is 9.30. The van der Waals surface area contributed by atoms with E-state index < -0.39 is 80.7 Å². The van der Waals surface area contributed by atoms with Crippen LogP contribution in [0.2, 0.25) is 0 Å². The van der Waals surface area contributed by atoms with Crippen molar-refractivity contribution in [2.45, 2.75) is 190 Å². The SMILES string of the molecule is C[C@H]1[C@@H]([C@@H]2C=C3C[C@H]4CCC[C@]45C[C@@H]4C[C@@]6(C)[C@H](c7ccoc7C[C@@H]([C@H]7CC[C@H]8[C@H](C=CN9CNC[C@H]89)C7)[C@H](O)CO)OC(=O)[C@H]7O[C@]76[C@]6(C7CCCCC7)[C@H](O)C(=O)[C@@H]7[C@@]2(C)O[C@]32[C@H]5C(=O)OC[C@@]72[C@@H]46)C=C[C@@H]2CCCC[C@H]12. The molecule has 8 heterocycles. The predicted octanol–water partition coefficient (Wildman–Crippen LogP) is 8.55. The van der Waals surface area contributed by atoms with E-state index in [2.05, 4.69) is 61.5 Å². The number of ether oxygens (including phenoxy) is 4. The van der Waals surface area contributed by atoms with Gasteiger partial charge in [-0.3, -0.25) is 14.9 Å². The Morgan fingerprint density at radius 3 is 2.54 bits per heavy atom. The van der Waals surface area contributed by atoms with Crippen molar-refractivity contribution in [2.75, 3.05) is 26.4 Å². The molecule has 426 valence electrons. The highest BCUT2D eigenvalue weighted by atomic mass is 16.7. The van der Waals surface area contributed by atoms with E-state index >= 15 is 14.4 Å². The summed E-state index contributed by atoms with van der Waals surface area (Å²) in [6.45, 7) is 8.48. The molecule has 0 amide bonds. The lowest BCUT2D eigenvalue weighted by Gasteiger charge is -2.72. The van der Waals surface area contributed by atoms with Crippen LogP contribution in [0.25, 0.3) is 0 Å². The average molecular weight is 1080 g/mol. The minimum Gasteiger partial charge on any atom is -0.469 e. The lowest BCUT2D eigenvalue weighted by molar-refractivity contribution is -0.300. The number of esters is 2. The molecule has 4 N–H and O–H groups in total. The Morgan fingerprint density at radius 2 is 1.70 bits per heavy atom. The number of nitrogens with zero attached hydrogens (tertiary/aromatic N) is 1. The molecule has 1 aromatic heterocycles. The smallest absolute Gasteiger partial charge is 0.339 e. The normalized spacial score (nSPS) is 54.7. The van der Waals surface area contributed by atoms with E-state index in [1.807, 2.05) is 6.07 Å².